The van der Waals surface area contributed by atoms with Crippen LogP contribution < -0.4 is 75.1 Å². The van der Waals surface area contributed by atoms with E-state index in [1.54, 1.807) is 79.0 Å². The van der Waals surface area contributed by atoms with Gasteiger partial charge in [-0.1, -0.05) is 88.1 Å². The van der Waals surface area contributed by atoms with Crippen LogP contribution in [0.4, 0.5) is 0 Å². The van der Waals surface area contributed by atoms with Gasteiger partial charge in [0.05, 0.1) is 38.4 Å². The normalized spacial score (nSPS) is 24.9. The number of carboxylic acids is 3. The molecule has 5 aromatic rings. The largest absolute Gasteiger partial charge is 0.497 e. The van der Waals surface area contributed by atoms with Crippen LogP contribution in [-0.4, -0.2) is 330 Å². The number of primary amides is 1. The Bertz CT molecular complexity index is 5030. The van der Waals surface area contributed by atoms with E-state index in [4.69, 9.17) is 21.9 Å². The number of aliphatic hydroxyl groups excluding tert-OH is 1. The Morgan fingerprint density at radius 3 is 1.62 bits per heavy atom. The van der Waals surface area contributed by atoms with Crippen molar-refractivity contribution in [1.82, 2.24) is 87.6 Å². The summed E-state index contributed by atoms with van der Waals surface area (Å²) in [5.41, 5.74) is 19.9. The molecule has 8 rings (SSSR count). The van der Waals surface area contributed by atoms with Crippen molar-refractivity contribution in [2.45, 2.75) is 227 Å². The molecule has 724 valence electrons. The second-order valence-electron chi connectivity index (χ2n) is 33.2. The number of unbranched alkanes of at least 4 members (excludes halogenated alkanes) is 2. The molecule has 0 bridgehead atoms. The number of hydrogen-bond acceptors (Lipinski definition) is 24. The van der Waals surface area contributed by atoms with Crippen molar-refractivity contribution in [2.75, 3.05) is 72.5 Å². The Kier molecular flexibility index (Phi) is 39.8. The first-order chi connectivity index (χ1) is 63.3. The Balaban J connectivity index is 1.20. The molecule has 15 atom stereocenters. The van der Waals surface area contributed by atoms with Crippen LogP contribution in [0.25, 0.3) is 21.8 Å². The van der Waals surface area contributed by atoms with Crippen LogP contribution in [0.1, 0.15) is 134 Å². The number of fused-ring (bicyclic) bond motifs is 4. The summed E-state index contributed by atoms with van der Waals surface area (Å²) in [5.74, 6) is -21.8. The summed E-state index contributed by atoms with van der Waals surface area (Å²) in [5, 5.41) is 68.4. The van der Waals surface area contributed by atoms with Crippen molar-refractivity contribution in [1.29, 1.82) is 0 Å². The first kappa shape index (κ1) is 105. The zero-order valence-corrected chi connectivity index (χ0v) is 76.1. The zero-order valence-electron chi connectivity index (χ0n) is 75.3. The number of carboxylic acid groups (broad SMARTS) is 3. The molecule has 0 aliphatic carbocycles. The molecule has 22 N–H and O–H groups in total. The average Bonchev–Trinajstić information content (AvgIpc) is 1.76. The molecule has 0 unspecified atom stereocenters. The minimum atomic E-state index is -2.09. The molecule has 3 aromatic carbocycles. The first-order valence-corrected chi connectivity index (χ1v) is 45.2. The highest BCUT2D eigenvalue weighted by Crippen LogP contribution is 2.28. The van der Waals surface area contributed by atoms with Gasteiger partial charge >= 0.3 is 17.9 Å². The average molecular weight is 1880 g/mol. The van der Waals surface area contributed by atoms with Crippen LogP contribution in [0.15, 0.2) is 85.2 Å². The fourth-order valence-electron chi connectivity index (χ4n) is 16.1. The number of aliphatic hydroxyl groups is 1. The lowest BCUT2D eigenvalue weighted by Crippen LogP contribution is -2.61. The fourth-order valence-corrected chi connectivity index (χ4v) is 17.0. The van der Waals surface area contributed by atoms with Gasteiger partial charge in [-0.3, -0.25) is 91.1 Å². The molecule has 3 fully saturated rings. The van der Waals surface area contributed by atoms with Gasteiger partial charge in [0.2, 0.25) is 94.5 Å². The highest BCUT2D eigenvalue weighted by molar-refractivity contribution is 8.00. The SMILES string of the molecule is CCCC[C@H]1C(=O)N(C)[C@@H](CCCC)C(=O)N[C@@H](CCCN)C(=O)N[C@H](C(=O)NCC(N)=O)CSCC(=O)N[C@@H](Cc2ccc(OC)cc2)C(=O)N(C)[C@@H](C)C(=O)N[C@H](CC(=O)O)C(=O)N2CCC[C@H]2C(=O)N[C@@H](CN)C(=O)N[C@@H](CCC(=O)O)C(=O)N2C[C@H](O)C[C@H]2C(=O)N[C@@H](Cc2c[nH]c3ccccc23)C(=O)N[C@@H](CC(=O)O)C(=O)N[C@@H](Cc2c[nH]c3ccccc23)C(=O)N1C. The number of nitrogens with one attached hydrogen (secondary N) is 12. The summed E-state index contributed by atoms with van der Waals surface area (Å²) in [4.78, 5) is 284. The summed E-state index contributed by atoms with van der Waals surface area (Å²) >= 11 is 0.763. The summed E-state index contributed by atoms with van der Waals surface area (Å²) in [6.45, 7) is 2.54. The minimum absolute atomic E-state index is 0.0199. The predicted octanol–water partition coefficient (Wildman–Crippen LogP) is -3.26. The van der Waals surface area contributed by atoms with E-state index in [2.05, 4.69) is 63.1 Å². The topological polar surface area (TPSA) is 661 Å². The third-order valence-corrected chi connectivity index (χ3v) is 24.7. The number of carbonyl (C=O) groups is 19. The number of ether oxygens (including phenoxy) is 1. The molecule has 44 nitrogen and oxygen atoms in total. The molecular weight excluding hydrogens is 1750 g/mol. The number of carbonyl (C=O) groups excluding carboxylic acids is 16. The van der Waals surface area contributed by atoms with Gasteiger partial charge in [0, 0.05) is 113 Å². The van der Waals surface area contributed by atoms with Crippen molar-refractivity contribution in [3.63, 3.8) is 0 Å². The number of H-pyrrole nitrogens is 2. The van der Waals surface area contributed by atoms with E-state index >= 15 is 33.6 Å². The van der Waals surface area contributed by atoms with Crippen molar-refractivity contribution in [3.8, 4) is 5.75 Å². The number of benzene rings is 3. The highest BCUT2D eigenvalue weighted by Gasteiger charge is 2.47. The lowest BCUT2D eigenvalue weighted by atomic mass is 9.99. The molecule has 3 aliphatic heterocycles. The monoisotopic (exact) mass is 1870 g/mol. The standard InChI is InChI=1S/C88H122N20O24S/c1-8-10-23-66-81(124)96-57(22-16-32-89)77(120)103-65(76(119)94-43-70(91)110)45-133-46-71(111)95-61(34-48-26-28-52(132-7)29-27-48)84(127)104(4)47(3)75(118)100-63(39-74(116)117)87(130)107-33-17-25-67(107)82(125)102-64(40-90)80(123)97-58(30-31-72(112)113)86(129)108-44-51(109)37-69(108)83(126)99-59(35-49-41-92-55-20-14-12-18-53(49)55)78(121)98-60(38-73(114)115)79(122)101-62(36-50-42-93-56-21-15-13-19-54(50)56)85(128)106(6)68(24-11-9-2)88(131)105(66)5/h12-15,18-21,26-29,41-42,47,51,57-69,92-93,109H,8-11,16-17,22-25,30-40,43-46,89-90H2,1-7H3,(H2,91,110)(H,94,119)(H,95,111)(H,96,124)(H,97,123)(H,98,121)(H,99,126)(H,100,118)(H,101,122)(H,102,125)(H,103,120)(H,112,113)(H,114,115)(H,116,117)/t47-,51+,57-,58-,59-,60-,61-,62-,63+,64-,65-,66-,67-,68-,69-/m0/s1. The van der Waals surface area contributed by atoms with Crippen LogP contribution in [0, 0.1) is 0 Å². The molecule has 0 radical (unpaired) electrons. The number of hydrogen-bond donors (Lipinski definition) is 19. The van der Waals surface area contributed by atoms with Crippen molar-refractivity contribution < 1.29 is 116 Å². The highest BCUT2D eigenvalue weighted by atomic mass is 32.2. The van der Waals surface area contributed by atoms with Gasteiger partial charge in [0.25, 0.3) is 0 Å². The molecule has 3 saturated heterocycles. The Hall–Kier alpha value is -13.3. The number of likely N-dealkylation sites (N-methyl/N-ethyl adjacent to an activating group) is 3. The van der Waals surface area contributed by atoms with E-state index in [0.29, 0.717) is 69.9 Å². The Labute approximate surface area is 770 Å². The lowest BCUT2D eigenvalue weighted by Gasteiger charge is -2.36. The molecule has 0 spiro atoms. The van der Waals surface area contributed by atoms with Gasteiger partial charge in [-0.15, -0.1) is 11.8 Å². The van der Waals surface area contributed by atoms with E-state index in [1.807, 2.05) is 13.8 Å². The van der Waals surface area contributed by atoms with Gasteiger partial charge < -0.3 is 130 Å². The van der Waals surface area contributed by atoms with E-state index in [9.17, 15) is 78.0 Å². The smallest absolute Gasteiger partial charge is 0.305 e. The number of rotatable bonds is 27. The number of nitrogens with zero attached hydrogens (tertiary/aromatic N) is 5. The fraction of sp³-hybridized carbons (Fsp3) is 0.534. The van der Waals surface area contributed by atoms with Crippen LogP contribution in [0.5, 0.6) is 5.75 Å². The zero-order chi connectivity index (χ0) is 97.6. The van der Waals surface area contributed by atoms with Crippen LogP contribution in [-0.2, 0) is 110 Å². The van der Waals surface area contributed by atoms with E-state index in [-0.39, 0.29) is 64.5 Å². The number of amides is 16. The molecule has 0 saturated carbocycles. The molecule has 16 amide bonds. The number of para-hydroxylation sites is 2. The molecule has 2 aromatic heterocycles. The van der Waals surface area contributed by atoms with Crippen molar-refractivity contribution >= 4 is 146 Å². The molecular formula is C88H122N20O24S. The maximum Gasteiger partial charge on any atom is 0.305 e. The number of nitrogens with two attached hydrogens (primary N) is 3. The van der Waals surface area contributed by atoms with Crippen LogP contribution in [0.2, 0.25) is 0 Å². The van der Waals surface area contributed by atoms with Gasteiger partial charge in [-0.05, 0) is 99.4 Å². The predicted molar refractivity (Wildman–Crippen MR) is 482 cm³/mol. The third kappa shape index (κ3) is 29.3. The minimum Gasteiger partial charge on any atom is -0.497 e. The maximum absolute atomic E-state index is 15.7. The van der Waals surface area contributed by atoms with Gasteiger partial charge in [0.15, 0.2) is 0 Å². The van der Waals surface area contributed by atoms with E-state index in [0.717, 1.165) is 36.3 Å². The third-order valence-electron chi connectivity index (χ3n) is 23.6. The van der Waals surface area contributed by atoms with E-state index in [1.165, 1.54) is 41.4 Å². The van der Waals surface area contributed by atoms with Crippen LogP contribution >= 0.6 is 11.8 Å². The maximum atomic E-state index is 15.7. The molecule has 133 heavy (non-hydrogen) atoms. The second kappa shape index (κ2) is 50.4. The number of aromatic amines is 2. The quantitative estimate of drug-likeness (QED) is 0.0245. The number of methoxy groups -OCH3 is 1. The van der Waals surface area contributed by atoms with Crippen molar-refractivity contribution in [2.24, 2.45) is 17.2 Å². The molecule has 45 heteroatoms. The second-order valence-corrected chi connectivity index (χ2v) is 34.2. The van der Waals surface area contributed by atoms with E-state index < -0.39 is 273 Å². The van der Waals surface area contributed by atoms with Gasteiger partial charge in [-0.25, -0.2) is 0 Å². The lowest BCUT2D eigenvalue weighted by molar-refractivity contribution is -0.149. The summed E-state index contributed by atoms with van der Waals surface area (Å²) < 4.78 is 5.32. The number of aliphatic carboxylic acids is 3. The Morgan fingerprint density at radius 1 is 0.511 bits per heavy atom. The van der Waals surface area contributed by atoms with Gasteiger partial charge in [-0.2, -0.15) is 0 Å². The summed E-state index contributed by atoms with van der Waals surface area (Å²) in [6.07, 6.45) is -2.37. The molecule has 5 heterocycles. The first-order valence-electron chi connectivity index (χ1n) is 44.1. The number of aromatic nitrogens is 2. The van der Waals surface area contributed by atoms with Crippen LogP contribution in [0.3, 0.4) is 0 Å². The Morgan fingerprint density at radius 2 is 1.02 bits per heavy atom. The number of thioether (sulfide) groups is 1. The summed E-state index contributed by atoms with van der Waals surface area (Å²) in [6, 6.07) is -3.47. The summed E-state index contributed by atoms with van der Waals surface area (Å²) in [7, 11) is 5.22. The molecule has 3 aliphatic rings. The van der Waals surface area contributed by atoms with Gasteiger partial charge in [0.1, 0.15) is 90.3 Å². The van der Waals surface area contributed by atoms with Crippen molar-refractivity contribution in [3.05, 3.63) is 102 Å².